The first-order valence-corrected chi connectivity index (χ1v) is 6.02. The Bertz CT molecular complexity index is 302. The first kappa shape index (κ1) is 14.0. The molecule has 1 amide bonds. The maximum Gasteiger partial charge on any atom is 0.303 e. The van der Waals surface area contributed by atoms with Crippen LogP contribution in [0.5, 0.6) is 0 Å². The highest BCUT2D eigenvalue weighted by Crippen LogP contribution is 2.17. The molecule has 1 unspecified atom stereocenters. The van der Waals surface area contributed by atoms with E-state index in [0.29, 0.717) is 6.42 Å². The molecule has 5 heteroatoms. The smallest absolute Gasteiger partial charge is 0.303 e. The van der Waals surface area contributed by atoms with Gasteiger partial charge in [-0.2, -0.15) is 0 Å². The standard InChI is InChI=1S/C12H22N2O3/c1-12(2,6-4-10(15)16)13-11(17)9-5-7-14(3)8-9/h9H,4-8H2,1-3H3,(H,13,17)(H,15,16). The number of hydrogen-bond acceptors (Lipinski definition) is 3. The second-order valence-corrected chi connectivity index (χ2v) is 5.51. The predicted molar refractivity (Wildman–Crippen MR) is 64.7 cm³/mol. The summed E-state index contributed by atoms with van der Waals surface area (Å²) in [4.78, 5) is 24.6. The van der Waals surface area contributed by atoms with Crippen molar-refractivity contribution in [2.24, 2.45) is 5.92 Å². The van der Waals surface area contributed by atoms with Crippen molar-refractivity contribution in [2.45, 2.75) is 38.6 Å². The van der Waals surface area contributed by atoms with Crippen LogP contribution in [0, 0.1) is 5.92 Å². The van der Waals surface area contributed by atoms with E-state index in [0.717, 1.165) is 19.5 Å². The van der Waals surface area contributed by atoms with Crippen LogP contribution in [0.2, 0.25) is 0 Å². The van der Waals surface area contributed by atoms with E-state index in [-0.39, 0.29) is 18.2 Å². The molecule has 0 saturated carbocycles. The van der Waals surface area contributed by atoms with Crippen molar-refractivity contribution >= 4 is 11.9 Å². The predicted octanol–water partition coefficient (Wildman–Crippen LogP) is 0.698. The lowest BCUT2D eigenvalue weighted by Gasteiger charge is -2.27. The van der Waals surface area contributed by atoms with Gasteiger partial charge in [-0.1, -0.05) is 0 Å². The maximum atomic E-state index is 12.0. The van der Waals surface area contributed by atoms with Gasteiger partial charge in [0.2, 0.25) is 5.91 Å². The summed E-state index contributed by atoms with van der Waals surface area (Å²) in [6.07, 6.45) is 1.42. The van der Waals surface area contributed by atoms with Crippen molar-refractivity contribution < 1.29 is 14.7 Å². The van der Waals surface area contributed by atoms with Crippen LogP contribution in [0.25, 0.3) is 0 Å². The molecule has 1 saturated heterocycles. The van der Waals surface area contributed by atoms with Crippen LogP contribution in [0.3, 0.4) is 0 Å². The van der Waals surface area contributed by atoms with Crippen LogP contribution in [0.15, 0.2) is 0 Å². The fourth-order valence-electron chi connectivity index (χ4n) is 2.07. The minimum atomic E-state index is -0.826. The molecule has 1 aliphatic heterocycles. The van der Waals surface area contributed by atoms with Gasteiger partial charge >= 0.3 is 5.97 Å². The SMILES string of the molecule is CN1CCC(C(=O)NC(C)(C)CCC(=O)O)C1. The Hall–Kier alpha value is -1.10. The summed E-state index contributed by atoms with van der Waals surface area (Å²) in [5.74, 6) is -0.734. The van der Waals surface area contributed by atoms with E-state index < -0.39 is 11.5 Å². The fraction of sp³-hybridized carbons (Fsp3) is 0.833. The average molecular weight is 242 g/mol. The molecule has 1 aliphatic rings. The summed E-state index contributed by atoms with van der Waals surface area (Å²) in [7, 11) is 2.00. The second-order valence-electron chi connectivity index (χ2n) is 5.51. The van der Waals surface area contributed by atoms with Crippen LogP contribution in [0.4, 0.5) is 0 Å². The number of rotatable bonds is 5. The van der Waals surface area contributed by atoms with E-state index in [9.17, 15) is 9.59 Å². The molecule has 1 heterocycles. The summed E-state index contributed by atoms with van der Waals surface area (Å²) in [5.41, 5.74) is -0.448. The zero-order valence-corrected chi connectivity index (χ0v) is 10.8. The Morgan fingerprint density at radius 2 is 2.12 bits per heavy atom. The van der Waals surface area contributed by atoms with Gasteiger partial charge in [-0.25, -0.2) is 0 Å². The van der Waals surface area contributed by atoms with Gasteiger partial charge in [0.05, 0.1) is 5.92 Å². The highest BCUT2D eigenvalue weighted by molar-refractivity contribution is 5.80. The Balaban J connectivity index is 2.41. The summed E-state index contributed by atoms with van der Waals surface area (Å²) < 4.78 is 0. The Labute approximate surface area is 102 Å². The van der Waals surface area contributed by atoms with Gasteiger partial charge in [0.25, 0.3) is 0 Å². The number of aliphatic carboxylic acids is 1. The van der Waals surface area contributed by atoms with Crippen LogP contribution in [-0.2, 0) is 9.59 Å². The molecule has 98 valence electrons. The molecule has 0 aromatic heterocycles. The minimum absolute atomic E-state index is 0.0455. The summed E-state index contributed by atoms with van der Waals surface area (Å²) in [5, 5.41) is 11.6. The molecule has 2 N–H and O–H groups in total. The third-order valence-electron chi connectivity index (χ3n) is 3.19. The van der Waals surface area contributed by atoms with Gasteiger partial charge in [-0.3, -0.25) is 9.59 Å². The topological polar surface area (TPSA) is 69.6 Å². The van der Waals surface area contributed by atoms with E-state index in [1.165, 1.54) is 0 Å². The lowest BCUT2D eigenvalue weighted by atomic mass is 9.96. The quantitative estimate of drug-likeness (QED) is 0.744. The molecule has 0 spiro atoms. The first-order chi connectivity index (χ1) is 7.80. The number of carboxylic acids is 1. The monoisotopic (exact) mass is 242 g/mol. The van der Waals surface area contributed by atoms with Gasteiger partial charge in [0.1, 0.15) is 0 Å². The van der Waals surface area contributed by atoms with Gasteiger partial charge < -0.3 is 15.3 Å². The van der Waals surface area contributed by atoms with Crippen LogP contribution in [0.1, 0.15) is 33.1 Å². The largest absolute Gasteiger partial charge is 0.481 e. The van der Waals surface area contributed by atoms with E-state index in [4.69, 9.17) is 5.11 Å². The third-order valence-corrected chi connectivity index (χ3v) is 3.19. The molecule has 17 heavy (non-hydrogen) atoms. The van der Waals surface area contributed by atoms with Crippen molar-refractivity contribution in [1.29, 1.82) is 0 Å². The highest BCUT2D eigenvalue weighted by atomic mass is 16.4. The molecule has 5 nitrogen and oxygen atoms in total. The highest BCUT2D eigenvalue weighted by Gasteiger charge is 2.30. The summed E-state index contributed by atoms with van der Waals surface area (Å²) >= 11 is 0. The number of likely N-dealkylation sites (tertiary alicyclic amines) is 1. The van der Waals surface area contributed by atoms with Gasteiger partial charge in [-0.15, -0.1) is 0 Å². The van der Waals surface area contributed by atoms with Crippen LogP contribution < -0.4 is 5.32 Å². The van der Waals surface area contributed by atoms with Crippen LogP contribution in [-0.4, -0.2) is 47.6 Å². The third kappa shape index (κ3) is 4.73. The molecule has 0 bridgehead atoms. The number of nitrogens with one attached hydrogen (secondary N) is 1. The molecule has 0 aromatic carbocycles. The maximum absolute atomic E-state index is 12.0. The molecule has 0 aliphatic carbocycles. The molecule has 1 fully saturated rings. The van der Waals surface area contributed by atoms with Crippen molar-refractivity contribution in [2.75, 3.05) is 20.1 Å². The number of nitrogens with zero attached hydrogens (tertiary/aromatic N) is 1. The lowest BCUT2D eigenvalue weighted by Crippen LogP contribution is -2.46. The molecule has 0 aromatic rings. The number of carboxylic acid groups (broad SMARTS) is 1. The van der Waals surface area contributed by atoms with Crippen molar-refractivity contribution in [3.8, 4) is 0 Å². The van der Waals surface area contributed by atoms with Crippen LogP contribution >= 0.6 is 0 Å². The van der Waals surface area contributed by atoms with E-state index in [2.05, 4.69) is 10.2 Å². The van der Waals surface area contributed by atoms with E-state index in [1.807, 2.05) is 20.9 Å². The van der Waals surface area contributed by atoms with Crippen molar-refractivity contribution in [3.05, 3.63) is 0 Å². The molecule has 1 atom stereocenters. The van der Waals surface area contributed by atoms with E-state index in [1.54, 1.807) is 0 Å². The minimum Gasteiger partial charge on any atom is -0.481 e. The molecular formula is C12H22N2O3. The number of carbonyl (C=O) groups is 2. The molecule has 1 rings (SSSR count). The Morgan fingerprint density at radius 3 is 2.59 bits per heavy atom. The Kier molecular flexibility index (Phi) is 4.51. The lowest BCUT2D eigenvalue weighted by molar-refractivity contribution is -0.138. The molecule has 0 radical (unpaired) electrons. The summed E-state index contributed by atoms with van der Waals surface area (Å²) in [6.45, 7) is 5.48. The van der Waals surface area contributed by atoms with Crippen molar-refractivity contribution in [3.63, 3.8) is 0 Å². The number of hydrogen-bond donors (Lipinski definition) is 2. The van der Waals surface area contributed by atoms with Gasteiger partial charge in [0.15, 0.2) is 0 Å². The Morgan fingerprint density at radius 1 is 1.47 bits per heavy atom. The average Bonchev–Trinajstić information content (AvgIpc) is 2.61. The van der Waals surface area contributed by atoms with Gasteiger partial charge in [0, 0.05) is 18.5 Å². The van der Waals surface area contributed by atoms with E-state index >= 15 is 0 Å². The zero-order valence-electron chi connectivity index (χ0n) is 10.8. The van der Waals surface area contributed by atoms with Gasteiger partial charge in [-0.05, 0) is 40.3 Å². The van der Waals surface area contributed by atoms with Crippen molar-refractivity contribution in [1.82, 2.24) is 10.2 Å². The zero-order chi connectivity index (χ0) is 13.1. The fourth-order valence-corrected chi connectivity index (χ4v) is 2.07. The molecular weight excluding hydrogens is 220 g/mol. The normalized spacial score (nSPS) is 21.5. The number of carbonyl (C=O) groups excluding carboxylic acids is 1. The summed E-state index contributed by atoms with van der Waals surface area (Å²) in [6, 6.07) is 0. The second kappa shape index (κ2) is 5.49. The first-order valence-electron chi connectivity index (χ1n) is 6.02. The number of amides is 1.